The molecular formula is C20H22BrN5O5S2. The Balaban J connectivity index is 1.44. The van der Waals surface area contributed by atoms with Crippen molar-refractivity contribution in [1.29, 1.82) is 0 Å². The predicted octanol–water partition coefficient (Wildman–Crippen LogP) is 1.93. The first-order valence-electron chi connectivity index (χ1n) is 10.1. The van der Waals surface area contributed by atoms with Gasteiger partial charge in [-0.3, -0.25) is 8.98 Å². The first kappa shape index (κ1) is 24.1. The number of hydrogen-bond donors (Lipinski definition) is 2. The lowest BCUT2D eigenvalue weighted by Gasteiger charge is -2.13. The molecule has 0 spiro atoms. The zero-order valence-electron chi connectivity index (χ0n) is 17.4. The minimum absolute atomic E-state index is 0.0223. The predicted molar refractivity (Wildman–Crippen MR) is 124 cm³/mol. The van der Waals surface area contributed by atoms with Gasteiger partial charge in [0.2, 0.25) is 5.78 Å². The summed E-state index contributed by atoms with van der Waals surface area (Å²) in [6, 6.07) is 1.86. The van der Waals surface area contributed by atoms with Crippen molar-refractivity contribution in [3.05, 3.63) is 62.8 Å². The largest absolute Gasteiger partial charge is 0.393 e. The standard InChI is InChI=1S/C20H22BrN5O5S2/c21-19-7-26(11-25-19)6-13-4-18(32-9-13)20(28)15-5-23-10-24-16(15)2-12-1-14(17(27)3-12)8-31-33(22,29)30/h4-5,7,9-12,14,17,27H,1-3,6,8H2,(H2,22,29,30)/t12-,14?,17-/m0/s1. The van der Waals surface area contributed by atoms with Gasteiger partial charge in [0.1, 0.15) is 10.9 Å². The van der Waals surface area contributed by atoms with Crippen LogP contribution in [0.4, 0.5) is 0 Å². The van der Waals surface area contributed by atoms with Crippen LogP contribution in [0.15, 0.2) is 41.1 Å². The van der Waals surface area contributed by atoms with Crippen molar-refractivity contribution >= 4 is 43.4 Å². The van der Waals surface area contributed by atoms with E-state index in [0.717, 1.165) is 10.2 Å². The highest BCUT2D eigenvalue weighted by atomic mass is 79.9. The third-order valence-corrected chi connectivity index (χ3v) is 7.42. The topological polar surface area (TPSA) is 150 Å². The van der Waals surface area contributed by atoms with Crippen molar-refractivity contribution in [3.63, 3.8) is 0 Å². The lowest BCUT2D eigenvalue weighted by Crippen LogP contribution is -2.24. The molecule has 3 N–H and O–H groups in total. The Morgan fingerprint density at radius 3 is 2.91 bits per heavy atom. The van der Waals surface area contributed by atoms with E-state index in [9.17, 15) is 18.3 Å². The molecule has 0 amide bonds. The average Bonchev–Trinajstić information content (AvgIpc) is 3.47. The molecule has 0 bridgehead atoms. The number of carbonyl (C=O) groups excluding carboxylic acids is 1. The van der Waals surface area contributed by atoms with Crippen molar-refractivity contribution in [3.8, 4) is 0 Å². The maximum absolute atomic E-state index is 13.2. The van der Waals surface area contributed by atoms with Crippen LogP contribution in [-0.2, 0) is 27.5 Å². The van der Waals surface area contributed by atoms with Crippen LogP contribution in [0.1, 0.15) is 39.3 Å². The highest BCUT2D eigenvalue weighted by Gasteiger charge is 2.35. The van der Waals surface area contributed by atoms with Gasteiger partial charge in [0.05, 0.1) is 35.2 Å². The van der Waals surface area contributed by atoms with E-state index in [1.807, 2.05) is 22.2 Å². The van der Waals surface area contributed by atoms with E-state index in [1.54, 1.807) is 6.33 Å². The first-order valence-corrected chi connectivity index (χ1v) is 13.3. The Kier molecular flexibility index (Phi) is 7.36. The fourth-order valence-electron chi connectivity index (χ4n) is 4.06. The maximum atomic E-state index is 13.2. The molecule has 4 rings (SSSR count). The van der Waals surface area contributed by atoms with Gasteiger partial charge in [-0.05, 0) is 58.1 Å². The lowest BCUT2D eigenvalue weighted by atomic mass is 9.96. The minimum Gasteiger partial charge on any atom is -0.393 e. The Morgan fingerprint density at radius 2 is 2.18 bits per heavy atom. The van der Waals surface area contributed by atoms with Gasteiger partial charge in [0.25, 0.3) is 0 Å². The van der Waals surface area contributed by atoms with E-state index in [-0.39, 0.29) is 24.2 Å². The number of aliphatic hydroxyl groups excluding tert-OH is 1. The van der Waals surface area contributed by atoms with Gasteiger partial charge in [-0.15, -0.1) is 11.3 Å². The van der Waals surface area contributed by atoms with Gasteiger partial charge < -0.3 is 9.67 Å². The van der Waals surface area contributed by atoms with Gasteiger partial charge in [0.15, 0.2) is 0 Å². The highest BCUT2D eigenvalue weighted by molar-refractivity contribution is 9.10. The number of hydrogen-bond acceptors (Lipinski definition) is 9. The molecule has 1 fully saturated rings. The van der Waals surface area contributed by atoms with E-state index < -0.39 is 16.4 Å². The number of halogens is 1. The molecule has 13 heteroatoms. The Bertz CT molecular complexity index is 1240. The van der Waals surface area contributed by atoms with Gasteiger partial charge in [0, 0.05) is 24.9 Å². The number of ketones is 1. The molecule has 3 heterocycles. The molecule has 1 aliphatic carbocycles. The molecule has 1 unspecified atom stereocenters. The summed E-state index contributed by atoms with van der Waals surface area (Å²) in [6.45, 7) is 0.431. The van der Waals surface area contributed by atoms with Crippen molar-refractivity contribution in [2.75, 3.05) is 6.61 Å². The summed E-state index contributed by atoms with van der Waals surface area (Å²) in [7, 11) is -4.06. The number of nitrogens with zero attached hydrogens (tertiary/aromatic N) is 4. The van der Waals surface area contributed by atoms with E-state index in [0.29, 0.717) is 41.9 Å². The van der Waals surface area contributed by atoms with E-state index in [1.165, 1.54) is 23.9 Å². The van der Waals surface area contributed by atoms with Crippen LogP contribution < -0.4 is 5.14 Å². The fourth-order valence-corrected chi connectivity index (χ4v) is 5.64. The van der Waals surface area contributed by atoms with Crippen LogP contribution in [0.25, 0.3) is 0 Å². The average molecular weight is 556 g/mol. The smallest absolute Gasteiger partial charge is 0.333 e. The summed E-state index contributed by atoms with van der Waals surface area (Å²) in [4.78, 5) is 26.3. The monoisotopic (exact) mass is 555 g/mol. The zero-order valence-corrected chi connectivity index (χ0v) is 20.6. The summed E-state index contributed by atoms with van der Waals surface area (Å²) >= 11 is 4.68. The number of nitrogens with two attached hydrogens (primary N) is 1. The van der Waals surface area contributed by atoms with Crippen LogP contribution >= 0.6 is 27.3 Å². The lowest BCUT2D eigenvalue weighted by molar-refractivity contribution is 0.100. The summed E-state index contributed by atoms with van der Waals surface area (Å²) in [5, 5.41) is 17.1. The van der Waals surface area contributed by atoms with Crippen molar-refractivity contribution in [2.45, 2.75) is 31.9 Å². The summed E-state index contributed by atoms with van der Waals surface area (Å²) in [6.07, 6.45) is 7.25. The summed E-state index contributed by atoms with van der Waals surface area (Å²) in [5.41, 5.74) is 2.02. The molecule has 33 heavy (non-hydrogen) atoms. The number of thiophene rings is 1. The number of carbonyl (C=O) groups is 1. The molecule has 3 aromatic heterocycles. The van der Waals surface area contributed by atoms with E-state index in [2.05, 4.69) is 35.1 Å². The van der Waals surface area contributed by atoms with Crippen LogP contribution in [0, 0.1) is 11.8 Å². The van der Waals surface area contributed by atoms with Crippen molar-refractivity contribution < 1.29 is 22.5 Å². The maximum Gasteiger partial charge on any atom is 0.333 e. The second kappa shape index (κ2) is 10.1. The molecule has 176 valence electrons. The number of aromatic nitrogens is 4. The number of imidazole rings is 1. The van der Waals surface area contributed by atoms with Gasteiger partial charge in [-0.25, -0.2) is 20.1 Å². The number of rotatable bonds is 9. The van der Waals surface area contributed by atoms with Gasteiger partial charge in [-0.1, -0.05) is 0 Å². The molecule has 1 aliphatic rings. The normalized spacial score (nSPS) is 20.9. The van der Waals surface area contributed by atoms with Crippen molar-refractivity contribution in [2.24, 2.45) is 17.0 Å². The SMILES string of the molecule is NS(=O)(=O)OCC1C[C@@H](Cc2ncncc2C(=O)c2cc(Cn3cnc(Br)c3)cs2)C[C@@H]1O. The highest BCUT2D eigenvalue weighted by Crippen LogP contribution is 2.34. The third-order valence-electron chi connectivity index (χ3n) is 5.57. The minimum atomic E-state index is -4.06. The quantitative estimate of drug-likeness (QED) is 0.380. The second-order valence-electron chi connectivity index (χ2n) is 8.05. The number of aliphatic hydroxyl groups is 1. The van der Waals surface area contributed by atoms with E-state index >= 15 is 0 Å². The van der Waals surface area contributed by atoms with Crippen molar-refractivity contribution in [1.82, 2.24) is 19.5 Å². The molecule has 3 atom stereocenters. The van der Waals surface area contributed by atoms with E-state index in [4.69, 9.17) is 5.14 Å². The molecule has 0 saturated heterocycles. The van der Waals surface area contributed by atoms with Crippen LogP contribution in [0.2, 0.25) is 0 Å². The van der Waals surface area contributed by atoms with Crippen LogP contribution in [-0.4, -0.2) is 51.5 Å². The molecule has 0 aliphatic heterocycles. The zero-order chi connectivity index (χ0) is 23.6. The molecule has 1 saturated carbocycles. The molecular weight excluding hydrogens is 534 g/mol. The fraction of sp³-hybridized carbons (Fsp3) is 0.400. The molecule has 0 radical (unpaired) electrons. The van der Waals surface area contributed by atoms with Gasteiger partial charge >= 0.3 is 10.3 Å². The molecule has 0 aromatic carbocycles. The second-order valence-corrected chi connectivity index (χ2v) is 11.0. The Hall–Kier alpha value is -2.03. The van der Waals surface area contributed by atoms with Gasteiger partial charge in [-0.2, -0.15) is 8.42 Å². The Labute approximate surface area is 203 Å². The van der Waals surface area contributed by atoms with Crippen LogP contribution in [0.5, 0.6) is 0 Å². The summed E-state index contributed by atoms with van der Waals surface area (Å²) in [5.74, 6) is -0.479. The first-order chi connectivity index (χ1) is 15.7. The molecule has 3 aromatic rings. The molecule has 10 nitrogen and oxygen atoms in total. The third kappa shape index (κ3) is 6.31. The van der Waals surface area contributed by atoms with Crippen LogP contribution in [0.3, 0.4) is 0 Å². The Morgan fingerprint density at radius 1 is 1.36 bits per heavy atom. The summed E-state index contributed by atoms with van der Waals surface area (Å²) < 4.78 is 29.4.